The second kappa shape index (κ2) is 10.2. The molecule has 0 aromatic heterocycles. The fourth-order valence-corrected chi connectivity index (χ4v) is 1.70. The number of carboxylic acid groups (broad SMARTS) is 6. The normalized spacial score (nSPS) is 16.7. The van der Waals surface area contributed by atoms with Crippen molar-refractivity contribution in [2.45, 2.75) is 37.9 Å². The molecule has 28 heavy (non-hydrogen) atoms. The van der Waals surface area contributed by atoms with Gasteiger partial charge in [0.1, 0.15) is 11.8 Å². The third-order valence-corrected chi connectivity index (χ3v) is 3.58. The molecule has 8 N–H and O–H groups in total. The Kier molecular flexibility index (Phi) is 9.80. The Morgan fingerprint density at radius 3 is 0.929 bits per heavy atom. The van der Waals surface area contributed by atoms with Gasteiger partial charge in [-0.25, -0.2) is 9.59 Å². The van der Waals surface area contributed by atoms with Gasteiger partial charge in [0.2, 0.25) is 0 Å². The molecule has 14 heteroatoms. The van der Waals surface area contributed by atoms with E-state index >= 15 is 0 Å². The van der Waals surface area contributed by atoms with Crippen LogP contribution in [0.1, 0.15) is 26.7 Å². The van der Waals surface area contributed by atoms with Crippen LogP contribution in [-0.2, 0) is 28.8 Å². The van der Waals surface area contributed by atoms with Gasteiger partial charge in [0.05, 0.1) is 12.8 Å². The number of rotatable bonds is 10. The standard InChI is InChI=1S/2C7H10O7/c2*1-7(14,6(12)13)3(5(10)11)2-4(8)9/h2*3,14H,2H2,1H3,(H,8,9)(H,10,11)(H,12,13)/t2*3-,7-/m10/s1. The molecule has 0 spiro atoms. The Morgan fingerprint density at radius 1 is 0.607 bits per heavy atom. The fourth-order valence-electron chi connectivity index (χ4n) is 1.70. The molecule has 0 saturated heterocycles. The summed E-state index contributed by atoms with van der Waals surface area (Å²) in [5.41, 5.74) is -5.19. The van der Waals surface area contributed by atoms with Crippen molar-refractivity contribution in [2.75, 3.05) is 0 Å². The summed E-state index contributed by atoms with van der Waals surface area (Å²) in [6, 6.07) is 0. The van der Waals surface area contributed by atoms with Gasteiger partial charge in [-0.05, 0) is 13.8 Å². The summed E-state index contributed by atoms with van der Waals surface area (Å²) in [6.45, 7) is 1.49. The molecule has 0 fully saturated rings. The zero-order chi connectivity index (χ0) is 23.0. The fraction of sp³-hybridized carbons (Fsp3) is 0.571. The van der Waals surface area contributed by atoms with Crippen LogP contribution in [0.3, 0.4) is 0 Å². The summed E-state index contributed by atoms with van der Waals surface area (Å²) in [7, 11) is 0. The highest BCUT2D eigenvalue weighted by molar-refractivity contribution is 5.88. The van der Waals surface area contributed by atoms with Crippen LogP contribution in [0.15, 0.2) is 0 Å². The number of carboxylic acids is 6. The molecule has 14 nitrogen and oxygen atoms in total. The Labute approximate surface area is 156 Å². The minimum absolute atomic E-state index is 0.747. The molecule has 0 unspecified atom stereocenters. The zero-order valence-electron chi connectivity index (χ0n) is 14.6. The van der Waals surface area contributed by atoms with E-state index in [1.165, 1.54) is 0 Å². The predicted octanol–water partition coefficient (Wildman–Crippen LogP) is -2.00. The Balaban J connectivity index is 0. The van der Waals surface area contributed by atoms with Crippen LogP contribution >= 0.6 is 0 Å². The molecule has 0 heterocycles. The summed E-state index contributed by atoms with van der Waals surface area (Å²) >= 11 is 0. The van der Waals surface area contributed by atoms with Crippen molar-refractivity contribution in [1.29, 1.82) is 0 Å². The lowest BCUT2D eigenvalue weighted by atomic mass is 9.86. The monoisotopic (exact) mass is 412 g/mol. The third kappa shape index (κ3) is 7.96. The first-order valence-corrected chi connectivity index (χ1v) is 7.19. The molecule has 0 rings (SSSR count). The molecule has 0 bridgehead atoms. The summed E-state index contributed by atoms with van der Waals surface area (Å²) < 4.78 is 0. The summed E-state index contributed by atoms with van der Waals surface area (Å²) in [5.74, 6) is -13.6. The van der Waals surface area contributed by atoms with Crippen LogP contribution in [-0.4, -0.2) is 87.9 Å². The van der Waals surface area contributed by atoms with Crippen molar-refractivity contribution in [3.05, 3.63) is 0 Å². The number of hydrogen-bond acceptors (Lipinski definition) is 8. The summed E-state index contributed by atoms with van der Waals surface area (Å²) in [5, 5.41) is 69.0. The van der Waals surface area contributed by atoms with E-state index in [2.05, 4.69) is 0 Å². The summed E-state index contributed by atoms with van der Waals surface area (Å²) in [4.78, 5) is 62.3. The van der Waals surface area contributed by atoms with Crippen molar-refractivity contribution < 1.29 is 69.6 Å². The molecule has 0 aliphatic rings. The molecular weight excluding hydrogens is 392 g/mol. The second-order valence-corrected chi connectivity index (χ2v) is 5.88. The number of hydrogen-bond donors (Lipinski definition) is 8. The number of carbonyl (C=O) groups is 6. The van der Waals surface area contributed by atoms with Crippen LogP contribution in [0.4, 0.5) is 0 Å². The lowest BCUT2D eigenvalue weighted by Crippen LogP contribution is -2.47. The third-order valence-electron chi connectivity index (χ3n) is 3.58. The van der Waals surface area contributed by atoms with E-state index in [1.54, 1.807) is 0 Å². The Morgan fingerprint density at radius 2 is 0.821 bits per heavy atom. The van der Waals surface area contributed by atoms with Gasteiger partial charge in [0.15, 0.2) is 11.2 Å². The molecule has 0 saturated carbocycles. The zero-order valence-corrected chi connectivity index (χ0v) is 14.6. The minimum atomic E-state index is -2.59. The van der Waals surface area contributed by atoms with E-state index in [4.69, 9.17) is 30.6 Å². The van der Waals surface area contributed by atoms with Gasteiger partial charge in [0.25, 0.3) is 0 Å². The van der Waals surface area contributed by atoms with Crippen LogP contribution in [0.25, 0.3) is 0 Å². The van der Waals surface area contributed by atoms with Crippen molar-refractivity contribution in [3.8, 4) is 0 Å². The van der Waals surface area contributed by atoms with Gasteiger partial charge in [-0.2, -0.15) is 0 Å². The molecule has 0 aromatic carbocycles. The van der Waals surface area contributed by atoms with Crippen LogP contribution in [0.5, 0.6) is 0 Å². The first kappa shape index (κ1) is 27.0. The maximum absolute atomic E-state index is 10.5. The molecule has 0 radical (unpaired) electrons. The van der Waals surface area contributed by atoms with Gasteiger partial charge >= 0.3 is 35.8 Å². The highest BCUT2D eigenvalue weighted by atomic mass is 16.4. The van der Waals surface area contributed by atoms with Crippen LogP contribution in [0.2, 0.25) is 0 Å². The average molecular weight is 412 g/mol. The number of aliphatic carboxylic acids is 6. The largest absolute Gasteiger partial charge is 0.481 e. The predicted molar refractivity (Wildman–Crippen MR) is 83.3 cm³/mol. The molecule has 0 amide bonds. The second-order valence-electron chi connectivity index (χ2n) is 5.88. The summed E-state index contributed by atoms with van der Waals surface area (Å²) in [6.07, 6.45) is -1.90. The van der Waals surface area contributed by atoms with E-state index in [0.717, 1.165) is 13.8 Å². The Bertz CT molecular complexity index is 590. The smallest absolute Gasteiger partial charge is 0.336 e. The lowest BCUT2D eigenvalue weighted by Gasteiger charge is -2.23. The highest BCUT2D eigenvalue weighted by Gasteiger charge is 2.46. The van der Waals surface area contributed by atoms with Gasteiger partial charge in [0, 0.05) is 0 Å². The van der Waals surface area contributed by atoms with Gasteiger partial charge in [-0.15, -0.1) is 0 Å². The van der Waals surface area contributed by atoms with Crippen molar-refractivity contribution in [3.63, 3.8) is 0 Å². The SMILES string of the molecule is C[C@@](O)(C(=O)O)[C@@H](CC(=O)O)C(=O)O.C[C@](O)(C(=O)O)[C@H](CC(=O)O)C(=O)O. The van der Waals surface area contributed by atoms with Gasteiger partial charge in [-0.1, -0.05) is 0 Å². The maximum Gasteiger partial charge on any atom is 0.336 e. The number of aliphatic hydroxyl groups is 2. The van der Waals surface area contributed by atoms with E-state index < -0.39 is 71.7 Å². The van der Waals surface area contributed by atoms with Gasteiger partial charge < -0.3 is 40.9 Å². The lowest BCUT2D eigenvalue weighted by molar-refractivity contribution is -0.174. The molecule has 0 aliphatic heterocycles. The van der Waals surface area contributed by atoms with Crippen LogP contribution < -0.4 is 0 Å². The van der Waals surface area contributed by atoms with E-state index in [1.807, 2.05) is 0 Å². The van der Waals surface area contributed by atoms with E-state index in [0.29, 0.717) is 0 Å². The average Bonchev–Trinajstić information content (AvgIpc) is 2.49. The van der Waals surface area contributed by atoms with Crippen molar-refractivity contribution >= 4 is 35.8 Å². The quantitative estimate of drug-likeness (QED) is 0.193. The van der Waals surface area contributed by atoms with E-state index in [-0.39, 0.29) is 0 Å². The minimum Gasteiger partial charge on any atom is -0.481 e. The first-order chi connectivity index (χ1) is 12.4. The molecule has 0 aliphatic carbocycles. The Hall–Kier alpha value is -3.26. The maximum atomic E-state index is 10.5. The van der Waals surface area contributed by atoms with Gasteiger partial charge in [-0.3, -0.25) is 19.2 Å². The molecule has 4 atom stereocenters. The topological polar surface area (TPSA) is 264 Å². The van der Waals surface area contributed by atoms with E-state index in [9.17, 15) is 39.0 Å². The first-order valence-electron chi connectivity index (χ1n) is 7.19. The molecule has 0 aromatic rings. The van der Waals surface area contributed by atoms with Crippen molar-refractivity contribution in [2.24, 2.45) is 11.8 Å². The molecule has 160 valence electrons. The van der Waals surface area contributed by atoms with Crippen molar-refractivity contribution in [1.82, 2.24) is 0 Å². The highest BCUT2D eigenvalue weighted by Crippen LogP contribution is 2.22. The molecular formula is C14H20O14. The van der Waals surface area contributed by atoms with Crippen LogP contribution in [0, 0.1) is 11.8 Å².